The van der Waals surface area contributed by atoms with Crippen molar-refractivity contribution >= 4 is 0 Å². The maximum atomic E-state index is 9.13. The van der Waals surface area contributed by atoms with E-state index in [2.05, 4.69) is 20.8 Å². The fourth-order valence-electron chi connectivity index (χ4n) is 1.92. The molecule has 0 bridgehead atoms. The second-order valence-electron chi connectivity index (χ2n) is 4.23. The standard InChI is InChI=1S/C10H20O2/c1-4-10(7-11)5-9(6-10)12-8(2)3/h8-9,11H,4-7H2,1-3H3. The highest BCUT2D eigenvalue weighted by atomic mass is 16.5. The third-order valence-corrected chi connectivity index (χ3v) is 2.87. The number of aliphatic hydroxyl groups excluding tert-OH is 1. The van der Waals surface area contributed by atoms with Crippen LogP contribution in [0.5, 0.6) is 0 Å². The smallest absolute Gasteiger partial charge is 0.0591 e. The molecule has 1 saturated carbocycles. The van der Waals surface area contributed by atoms with Gasteiger partial charge in [0.2, 0.25) is 0 Å². The molecule has 1 fully saturated rings. The molecular formula is C10H20O2. The Morgan fingerprint density at radius 3 is 2.42 bits per heavy atom. The molecule has 1 aliphatic carbocycles. The topological polar surface area (TPSA) is 29.5 Å². The van der Waals surface area contributed by atoms with Crippen molar-refractivity contribution in [3.05, 3.63) is 0 Å². The van der Waals surface area contributed by atoms with E-state index in [0.717, 1.165) is 19.3 Å². The van der Waals surface area contributed by atoms with Crippen LogP contribution in [0.4, 0.5) is 0 Å². The first-order chi connectivity index (χ1) is 5.62. The predicted octanol–water partition coefficient (Wildman–Crippen LogP) is 1.96. The first-order valence-electron chi connectivity index (χ1n) is 4.88. The summed E-state index contributed by atoms with van der Waals surface area (Å²) in [6, 6.07) is 0. The van der Waals surface area contributed by atoms with E-state index in [1.54, 1.807) is 0 Å². The van der Waals surface area contributed by atoms with Crippen molar-refractivity contribution in [1.82, 2.24) is 0 Å². The van der Waals surface area contributed by atoms with Crippen LogP contribution in [0.25, 0.3) is 0 Å². The van der Waals surface area contributed by atoms with Gasteiger partial charge >= 0.3 is 0 Å². The van der Waals surface area contributed by atoms with Crippen LogP contribution in [0, 0.1) is 5.41 Å². The largest absolute Gasteiger partial charge is 0.396 e. The van der Waals surface area contributed by atoms with E-state index in [9.17, 15) is 0 Å². The summed E-state index contributed by atoms with van der Waals surface area (Å²) in [5.41, 5.74) is 0.194. The molecule has 0 atom stereocenters. The molecule has 1 N–H and O–H groups in total. The molecule has 0 saturated heterocycles. The first kappa shape index (κ1) is 10.0. The van der Waals surface area contributed by atoms with Gasteiger partial charge in [0.15, 0.2) is 0 Å². The van der Waals surface area contributed by atoms with Crippen LogP contribution in [0.15, 0.2) is 0 Å². The molecule has 0 aliphatic heterocycles. The Kier molecular flexibility index (Phi) is 3.13. The van der Waals surface area contributed by atoms with E-state index in [4.69, 9.17) is 9.84 Å². The fourth-order valence-corrected chi connectivity index (χ4v) is 1.92. The minimum Gasteiger partial charge on any atom is -0.396 e. The molecule has 0 heterocycles. The Morgan fingerprint density at radius 1 is 1.50 bits per heavy atom. The van der Waals surface area contributed by atoms with Gasteiger partial charge in [0.25, 0.3) is 0 Å². The van der Waals surface area contributed by atoms with Crippen LogP contribution in [0.1, 0.15) is 40.0 Å². The number of ether oxygens (including phenoxy) is 1. The highest BCUT2D eigenvalue weighted by Crippen LogP contribution is 2.45. The van der Waals surface area contributed by atoms with Crippen molar-refractivity contribution in [2.24, 2.45) is 5.41 Å². The van der Waals surface area contributed by atoms with Crippen molar-refractivity contribution < 1.29 is 9.84 Å². The van der Waals surface area contributed by atoms with Crippen molar-refractivity contribution in [3.63, 3.8) is 0 Å². The van der Waals surface area contributed by atoms with Crippen molar-refractivity contribution in [2.75, 3.05) is 6.61 Å². The number of hydrogen-bond acceptors (Lipinski definition) is 2. The molecule has 0 aromatic carbocycles. The van der Waals surface area contributed by atoms with Gasteiger partial charge in [0, 0.05) is 6.61 Å². The normalized spacial score (nSPS) is 35.2. The van der Waals surface area contributed by atoms with Crippen LogP contribution in [-0.2, 0) is 4.74 Å². The maximum Gasteiger partial charge on any atom is 0.0591 e. The summed E-state index contributed by atoms with van der Waals surface area (Å²) in [5, 5.41) is 9.13. The lowest BCUT2D eigenvalue weighted by molar-refractivity contribution is -0.122. The Morgan fingerprint density at radius 2 is 2.08 bits per heavy atom. The highest BCUT2D eigenvalue weighted by Gasteiger charge is 2.43. The quantitative estimate of drug-likeness (QED) is 0.702. The average Bonchev–Trinajstić information content (AvgIpc) is 1.95. The van der Waals surface area contributed by atoms with Crippen LogP contribution in [-0.4, -0.2) is 23.9 Å². The molecule has 12 heavy (non-hydrogen) atoms. The Bertz CT molecular complexity index is 131. The number of rotatable bonds is 4. The van der Waals surface area contributed by atoms with Gasteiger partial charge < -0.3 is 9.84 Å². The molecule has 0 aromatic rings. The van der Waals surface area contributed by atoms with Crippen LogP contribution in [0.3, 0.4) is 0 Å². The van der Waals surface area contributed by atoms with Gasteiger partial charge in [-0.05, 0) is 38.5 Å². The zero-order valence-electron chi connectivity index (χ0n) is 8.34. The predicted molar refractivity (Wildman–Crippen MR) is 49.1 cm³/mol. The van der Waals surface area contributed by atoms with Gasteiger partial charge in [-0.15, -0.1) is 0 Å². The fraction of sp³-hybridized carbons (Fsp3) is 1.00. The van der Waals surface area contributed by atoms with Gasteiger partial charge in [0.1, 0.15) is 0 Å². The summed E-state index contributed by atoms with van der Waals surface area (Å²) in [6.07, 6.45) is 3.87. The second-order valence-corrected chi connectivity index (χ2v) is 4.23. The minimum absolute atomic E-state index is 0.194. The number of aliphatic hydroxyl groups is 1. The molecule has 2 nitrogen and oxygen atoms in total. The molecule has 1 rings (SSSR count). The molecule has 0 amide bonds. The summed E-state index contributed by atoms with van der Waals surface area (Å²) in [4.78, 5) is 0. The van der Waals surface area contributed by atoms with Gasteiger partial charge in [-0.25, -0.2) is 0 Å². The zero-order chi connectivity index (χ0) is 9.19. The Labute approximate surface area is 74.9 Å². The first-order valence-corrected chi connectivity index (χ1v) is 4.88. The van der Waals surface area contributed by atoms with Gasteiger partial charge in [-0.3, -0.25) is 0 Å². The van der Waals surface area contributed by atoms with E-state index in [1.165, 1.54) is 0 Å². The molecule has 0 spiro atoms. The molecule has 72 valence electrons. The van der Waals surface area contributed by atoms with E-state index < -0.39 is 0 Å². The maximum absolute atomic E-state index is 9.13. The highest BCUT2D eigenvalue weighted by molar-refractivity contribution is 4.93. The Balaban J connectivity index is 2.25. The third kappa shape index (κ3) is 1.99. The van der Waals surface area contributed by atoms with E-state index >= 15 is 0 Å². The summed E-state index contributed by atoms with van der Waals surface area (Å²) in [6.45, 7) is 6.58. The summed E-state index contributed by atoms with van der Waals surface area (Å²) in [5.74, 6) is 0. The molecule has 1 aliphatic rings. The minimum atomic E-state index is 0.194. The van der Waals surface area contributed by atoms with Crippen molar-refractivity contribution in [2.45, 2.75) is 52.2 Å². The van der Waals surface area contributed by atoms with Gasteiger partial charge in [0.05, 0.1) is 12.2 Å². The summed E-state index contributed by atoms with van der Waals surface area (Å²) in [7, 11) is 0. The lowest BCUT2D eigenvalue weighted by Crippen LogP contribution is -2.45. The monoisotopic (exact) mass is 172 g/mol. The molecule has 0 unspecified atom stereocenters. The summed E-state index contributed by atoms with van der Waals surface area (Å²) >= 11 is 0. The van der Waals surface area contributed by atoms with Crippen molar-refractivity contribution in [1.29, 1.82) is 0 Å². The lowest BCUT2D eigenvalue weighted by atomic mass is 9.65. The van der Waals surface area contributed by atoms with Crippen LogP contribution < -0.4 is 0 Å². The average molecular weight is 172 g/mol. The Hall–Kier alpha value is -0.0800. The molecule has 2 heteroatoms. The van der Waals surface area contributed by atoms with E-state index in [1.807, 2.05) is 0 Å². The van der Waals surface area contributed by atoms with Crippen LogP contribution in [0.2, 0.25) is 0 Å². The second kappa shape index (κ2) is 3.75. The van der Waals surface area contributed by atoms with E-state index in [0.29, 0.717) is 18.8 Å². The third-order valence-electron chi connectivity index (χ3n) is 2.87. The zero-order valence-corrected chi connectivity index (χ0v) is 8.34. The molecule has 0 aromatic heterocycles. The van der Waals surface area contributed by atoms with Crippen LogP contribution >= 0.6 is 0 Å². The SMILES string of the molecule is CCC1(CO)CC(OC(C)C)C1. The lowest BCUT2D eigenvalue weighted by Gasteiger charge is -2.46. The van der Waals surface area contributed by atoms with Gasteiger partial charge in [-0.2, -0.15) is 0 Å². The van der Waals surface area contributed by atoms with Gasteiger partial charge in [-0.1, -0.05) is 6.92 Å². The summed E-state index contributed by atoms with van der Waals surface area (Å²) < 4.78 is 5.63. The molecule has 0 radical (unpaired) electrons. The number of hydrogen-bond donors (Lipinski definition) is 1. The molecular weight excluding hydrogens is 152 g/mol. The van der Waals surface area contributed by atoms with E-state index in [-0.39, 0.29) is 5.41 Å². The van der Waals surface area contributed by atoms with Crippen molar-refractivity contribution in [3.8, 4) is 0 Å².